The number of hydrogen-bond donors (Lipinski definition) is 1. The van der Waals surface area contributed by atoms with E-state index in [1.807, 2.05) is 46.0 Å². The Labute approximate surface area is 182 Å². The summed E-state index contributed by atoms with van der Waals surface area (Å²) in [6.45, 7) is -2.93. The number of halogens is 2. The number of nitrogens with two attached hydrogens (primary N) is 1. The minimum Gasteiger partial charge on any atom is -0.432 e. The first-order chi connectivity index (χ1) is 15.6. The molecule has 8 nitrogen and oxygen atoms in total. The number of imidazole rings is 1. The molecular formula is C22H21F2N7O. The topological polar surface area (TPSA) is 94.5 Å². The molecule has 4 aromatic heterocycles. The number of fused-ring (bicyclic) bond motifs is 1. The molecule has 0 aromatic carbocycles. The summed E-state index contributed by atoms with van der Waals surface area (Å²) in [6, 6.07) is 7.97. The van der Waals surface area contributed by atoms with Crippen molar-refractivity contribution in [3.05, 3.63) is 61.4 Å². The summed E-state index contributed by atoms with van der Waals surface area (Å²) < 4.78 is 31.3. The van der Waals surface area contributed by atoms with Gasteiger partial charge in [0.1, 0.15) is 11.5 Å². The van der Waals surface area contributed by atoms with Crippen LogP contribution in [0.5, 0.6) is 5.75 Å². The Morgan fingerprint density at radius 2 is 1.88 bits per heavy atom. The van der Waals surface area contributed by atoms with Crippen LogP contribution in [0.1, 0.15) is 19.3 Å². The Bertz CT molecular complexity index is 1200. The van der Waals surface area contributed by atoms with Crippen molar-refractivity contribution in [1.29, 1.82) is 0 Å². The van der Waals surface area contributed by atoms with Gasteiger partial charge in [0.25, 0.3) is 0 Å². The molecule has 0 amide bonds. The summed E-state index contributed by atoms with van der Waals surface area (Å²) in [5.74, 6) is 0.926. The Kier molecular flexibility index (Phi) is 5.36. The molecule has 0 radical (unpaired) electrons. The average molecular weight is 437 g/mol. The zero-order chi connectivity index (χ0) is 22.1. The first kappa shape index (κ1) is 20.3. The van der Waals surface area contributed by atoms with Gasteiger partial charge in [0.05, 0.1) is 12.4 Å². The Morgan fingerprint density at radius 3 is 2.56 bits per heavy atom. The number of aromatic nitrogens is 5. The lowest BCUT2D eigenvalue weighted by molar-refractivity contribution is -0.0503. The summed E-state index contributed by atoms with van der Waals surface area (Å²) in [5.41, 5.74) is 8.88. The quantitative estimate of drug-likeness (QED) is 0.490. The van der Waals surface area contributed by atoms with Gasteiger partial charge in [0.2, 0.25) is 5.95 Å². The highest BCUT2D eigenvalue weighted by atomic mass is 19.3. The third kappa shape index (κ3) is 3.96. The van der Waals surface area contributed by atoms with Crippen LogP contribution in [0.3, 0.4) is 0 Å². The summed E-state index contributed by atoms with van der Waals surface area (Å²) in [7, 11) is 0. The van der Waals surface area contributed by atoms with E-state index in [1.165, 1.54) is 12.4 Å². The Hall–Kier alpha value is -3.66. The second-order valence-corrected chi connectivity index (χ2v) is 7.68. The Balaban J connectivity index is 1.48. The molecule has 2 atom stereocenters. The van der Waals surface area contributed by atoms with Gasteiger partial charge in [-0.2, -0.15) is 8.78 Å². The second-order valence-electron chi connectivity index (χ2n) is 7.68. The van der Waals surface area contributed by atoms with Crippen LogP contribution in [-0.2, 0) is 0 Å². The first-order valence-corrected chi connectivity index (χ1v) is 10.3. The zero-order valence-electron chi connectivity index (χ0n) is 17.1. The van der Waals surface area contributed by atoms with Crippen LogP contribution < -0.4 is 15.4 Å². The third-order valence-corrected chi connectivity index (χ3v) is 5.59. The van der Waals surface area contributed by atoms with E-state index in [9.17, 15) is 8.78 Å². The highest BCUT2D eigenvalue weighted by Gasteiger charge is 2.31. The van der Waals surface area contributed by atoms with E-state index in [1.54, 1.807) is 12.4 Å². The molecule has 10 heteroatoms. The van der Waals surface area contributed by atoms with Crippen molar-refractivity contribution in [2.75, 3.05) is 4.90 Å². The van der Waals surface area contributed by atoms with Gasteiger partial charge in [-0.15, -0.1) is 0 Å². The minimum atomic E-state index is -2.93. The fourth-order valence-corrected chi connectivity index (χ4v) is 4.14. The number of hydrogen-bond acceptors (Lipinski definition) is 7. The van der Waals surface area contributed by atoms with Crippen LogP contribution in [0.2, 0.25) is 0 Å². The minimum absolute atomic E-state index is 0.0564. The standard InChI is InChI=1S/C22H21F2N7O/c23-21(24)32-17-12-28-22(29-13-17)31(16-5-4-15(25)10-16)19-6-3-14(11-27-19)18-2-1-8-30-9-7-26-20(18)30/h1-3,6-9,11-13,15-16,21H,4-5,10,25H2/t15-,16-/m0/s1. The second kappa shape index (κ2) is 8.46. The van der Waals surface area contributed by atoms with Crippen molar-refractivity contribution in [2.45, 2.75) is 38.0 Å². The number of anilines is 2. The summed E-state index contributed by atoms with van der Waals surface area (Å²) in [6.07, 6.45) is 12.4. The molecule has 0 saturated heterocycles. The largest absolute Gasteiger partial charge is 0.432 e. The average Bonchev–Trinajstić information content (AvgIpc) is 3.44. The lowest BCUT2D eigenvalue weighted by Gasteiger charge is -2.28. The van der Waals surface area contributed by atoms with Gasteiger partial charge in [0.15, 0.2) is 5.75 Å². The molecule has 32 heavy (non-hydrogen) atoms. The van der Waals surface area contributed by atoms with Crippen LogP contribution >= 0.6 is 0 Å². The molecule has 0 unspecified atom stereocenters. The first-order valence-electron chi connectivity index (χ1n) is 10.3. The number of ether oxygens (including phenoxy) is 1. The van der Waals surface area contributed by atoms with E-state index in [0.29, 0.717) is 11.8 Å². The van der Waals surface area contributed by atoms with Crippen molar-refractivity contribution >= 4 is 17.4 Å². The third-order valence-electron chi connectivity index (χ3n) is 5.59. The van der Waals surface area contributed by atoms with Gasteiger partial charge in [0, 0.05) is 48.0 Å². The molecule has 5 rings (SSSR count). The van der Waals surface area contributed by atoms with E-state index in [2.05, 4.69) is 24.7 Å². The van der Waals surface area contributed by atoms with Crippen LogP contribution in [0, 0.1) is 0 Å². The maximum atomic E-state index is 12.5. The van der Waals surface area contributed by atoms with E-state index in [-0.39, 0.29) is 17.8 Å². The fourth-order valence-electron chi connectivity index (χ4n) is 4.14. The molecule has 1 fully saturated rings. The molecule has 0 aliphatic heterocycles. The number of nitrogens with zero attached hydrogens (tertiary/aromatic N) is 6. The number of rotatable bonds is 6. The van der Waals surface area contributed by atoms with Gasteiger partial charge >= 0.3 is 6.61 Å². The van der Waals surface area contributed by atoms with Gasteiger partial charge < -0.3 is 14.9 Å². The predicted molar refractivity (Wildman–Crippen MR) is 115 cm³/mol. The molecule has 1 aliphatic rings. The number of pyridine rings is 2. The monoisotopic (exact) mass is 437 g/mol. The zero-order valence-corrected chi connectivity index (χ0v) is 17.1. The van der Waals surface area contributed by atoms with E-state index < -0.39 is 6.61 Å². The molecule has 0 bridgehead atoms. The smallest absolute Gasteiger partial charge is 0.387 e. The van der Waals surface area contributed by atoms with Crippen molar-refractivity contribution in [1.82, 2.24) is 24.3 Å². The highest BCUT2D eigenvalue weighted by molar-refractivity contribution is 5.77. The van der Waals surface area contributed by atoms with Crippen LogP contribution in [0.25, 0.3) is 16.8 Å². The SMILES string of the molecule is N[C@H]1CC[C@H](N(c2ccc(-c3cccn4ccnc34)cn2)c2ncc(OC(F)F)cn2)C1. The maximum absolute atomic E-state index is 12.5. The summed E-state index contributed by atoms with van der Waals surface area (Å²) in [5, 5.41) is 0. The van der Waals surface area contributed by atoms with Crippen LogP contribution in [-0.4, -0.2) is 43.0 Å². The summed E-state index contributed by atoms with van der Waals surface area (Å²) >= 11 is 0. The molecule has 1 aliphatic carbocycles. The van der Waals surface area contributed by atoms with Crippen molar-refractivity contribution in [2.24, 2.45) is 5.73 Å². The molecule has 4 aromatic rings. The van der Waals surface area contributed by atoms with Gasteiger partial charge in [-0.3, -0.25) is 4.90 Å². The van der Waals surface area contributed by atoms with E-state index in [4.69, 9.17) is 5.73 Å². The summed E-state index contributed by atoms with van der Waals surface area (Å²) in [4.78, 5) is 19.5. The Morgan fingerprint density at radius 1 is 1.03 bits per heavy atom. The maximum Gasteiger partial charge on any atom is 0.387 e. The van der Waals surface area contributed by atoms with E-state index >= 15 is 0 Å². The molecule has 1 saturated carbocycles. The lowest BCUT2D eigenvalue weighted by Crippen LogP contribution is -2.32. The van der Waals surface area contributed by atoms with Gasteiger partial charge in [-0.25, -0.2) is 19.9 Å². The van der Waals surface area contributed by atoms with Crippen molar-refractivity contribution < 1.29 is 13.5 Å². The number of alkyl halides is 2. The molecular weight excluding hydrogens is 416 g/mol. The van der Waals surface area contributed by atoms with Crippen LogP contribution in [0.15, 0.2) is 61.4 Å². The highest BCUT2D eigenvalue weighted by Crippen LogP contribution is 2.33. The van der Waals surface area contributed by atoms with Gasteiger partial charge in [-0.1, -0.05) is 0 Å². The lowest BCUT2D eigenvalue weighted by atomic mass is 10.1. The predicted octanol–water partition coefficient (Wildman–Crippen LogP) is 3.81. The normalized spacial score (nSPS) is 18.4. The van der Waals surface area contributed by atoms with Crippen molar-refractivity contribution in [3.63, 3.8) is 0 Å². The molecule has 4 heterocycles. The van der Waals surface area contributed by atoms with E-state index in [0.717, 1.165) is 36.0 Å². The molecule has 164 valence electrons. The van der Waals surface area contributed by atoms with Gasteiger partial charge in [-0.05, 0) is 43.5 Å². The molecule has 2 N–H and O–H groups in total. The molecule has 0 spiro atoms. The van der Waals surface area contributed by atoms with Crippen LogP contribution in [0.4, 0.5) is 20.5 Å². The van der Waals surface area contributed by atoms with Crippen molar-refractivity contribution in [3.8, 4) is 16.9 Å². The fraction of sp³-hybridized carbons (Fsp3) is 0.273.